The van der Waals surface area contributed by atoms with Gasteiger partial charge < -0.3 is 14.6 Å². The van der Waals surface area contributed by atoms with Gasteiger partial charge in [-0.15, -0.1) is 0 Å². The Morgan fingerprint density at radius 2 is 2.04 bits per heavy atom. The Morgan fingerprint density at radius 3 is 2.74 bits per heavy atom. The first-order valence-electron chi connectivity index (χ1n) is 11.1. The summed E-state index contributed by atoms with van der Waals surface area (Å²) in [4.78, 5) is 2.22. The number of rotatable bonds is 4. The fourth-order valence-corrected chi connectivity index (χ4v) is 3.95. The monoisotopic (exact) mass is 325 g/mol. The molecule has 3 rings (SSSR count). The van der Waals surface area contributed by atoms with Gasteiger partial charge in [0.1, 0.15) is 0 Å². The first-order valence-corrected chi connectivity index (χ1v) is 8.12. The summed E-state index contributed by atoms with van der Waals surface area (Å²) in [7, 11) is 3.18. The number of benzene rings is 1. The van der Waals surface area contributed by atoms with E-state index >= 15 is 0 Å². The van der Waals surface area contributed by atoms with Gasteiger partial charge in [-0.1, -0.05) is 13.7 Å². The third-order valence-electron chi connectivity index (χ3n) is 5.13. The lowest BCUT2D eigenvalue weighted by atomic mass is 9.79. The highest BCUT2D eigenvalue weighted by Gasteiger charge is 2.38. The highest BCUT2D eigenvalue weighted by Crippen LogP contribution is 2.43. The summed E-state index contributed by atoms with van der Waals surface area (Å²) in [6.45, 7) is -3.93. The maximum Gasteiger partial charge on any atom is 0.161 e. The number of ether oxygens (including phenoxy) is 2. The molecule has 2 aliphatic rings. The molecule has 2 aliphatic heterocycles. The van der Waals surface area contributed by atoms with Crippen LogP contribution in [0, 0.1) is 11.8 Å². The number of nitrogens with zero attached hydrogens (tertiary/aromatic N) is 1. The molecule has 1 N–H and O–H groups in total. The lowest BCUT2D eigenvalue weighted by Gasteiger charge is -2.46. The molecular formula is C19H29NO3. The summed E-state index contributed by atoms with van der Waals surface area (Å²) in [5.41, 5.74) is 2.23. The summed E-state index contributed by atoms with van der Waals surface area (Å²) >= 11 is 0. The first-order chi connectivity index (χ1) is 13.5. The molecule has 2 heterocycles. The van der Waals surface area contributed by atoms with E-state index in [1.165, 1.54) is 0 Å². The van der Waals surface area contributed by atoms with E-state index in [-0.39, 0.29) is 12.5 Å². The molecule has 1 aromatic carbocycles. The normalized spacial score (nSPS) is 32.4. The van der Waals surface area contributed by atoms with Crippen LogP contribution in [0.2, 0.25) is 0 Å². The molecule has 0 spiro atoms. The topological polar surface area (TPSA) is 41.9 Å². The maximum atomic E-state index is 10.8. The van der Waals surface area contributed by atoms with Gasteiger partial charge in [0.05, 0.1) is 20.3 Å². The van der Waals surface area contributed by atoms with Gasteiger partial charge in [0.15, 0.2) is 11.5 Å². The number of fused-ring (bicyclic) bond motifs is 3. The largest absolute Gasteiger partial charge is 0.493 e. The molecule has 0 aromatic heterocycles. The van der Waals surface area contributed by atoms with Crippen LogP contribution < -0.4 is 9.47 Å². The van der Waals surface area contributed by atoms with Crippen molar-refractivity contribution in [1.29, 1.82) is 0 Å². The molecule has 4 nitrogen and oxygen atoms in total. The molecule has 1 fully saturated rings. The predicted molar refractivity (Wildman–Crippen MR) is 91.1 cm³/mol. The van der Waals surface area contributed by atoms with Crippen LogP contribution in [0.15, 0.2) is 12.1 Å². The second kappa shape index (κ2) is 6.70. The third-order valence-corrected chi connectivity index (χ3v) is 5.13. The van der Waals surface area contributed by atoms with Crippen molar-refractivity contribution in [2.45, 2.75) is 45.1 Å². The van der Waals surface area contributed by atoms with Gasteiger partial charge in [0.25, 0.3) is 0 Å². The number of aliphatic hydroxyl groups excluding tert-OH is 1. The van der Waals surface area contributed by atoms with Gasteiger partial charge in [-0.3, -0.25) is 4.90 Å². The van der Waals surface area contributed by atoms with E-state index in [1.807, 2.05) is 12.1 Å². The zero-order valence-corrected chi connectivity index (χ0v) is 13.7. The van der Waals surface area contributed by atoms with E-state index < -0.39 is 31.6 Å². The third kappa shape index (κ3) is 3.20. The smallest absolute Gasteiger partial charge is 0.161 e. The number of methoxy groups -OCH3 is 2. The Morgan fingerprint density at radius 1 is 1.30 bits per heavy atom. The van der Waals surface area contributed by atoms with Gasteiger partial charge >= 0.3 is 0 Å². The van der Waals surface area contributed by atoms with E-state index in [1.54, 1.807) is 14.2 Å². The number of hydrogen-bond donors (Lipinski definition) is 1. The Balaban J connectivity index is 1.82. The summed E-state index contributed by atoms with van der Waals surface area (Å²) in [6.07, 6.45) is 0.428. The molecule has 23 heavy (non-hydrogen) atoms. The molecule has 0 amide bonds. The molecule has 3 atom stereocenters. The SMILES string of the molecule is [2H]C([2H])([2H])C(C[C@H]1CN2CCc3cc(OC)c(OC)cc3[C@@H]2C[C@@H]1O)C([2H])([2H])[2H]. The number of hydrogen-bond acceptors (Lipinski definition) is 4. The van der Waals surface area contributed by atoms with Gasteiger partial charge in [0.2, 0.25) is 0 Å². The molecule has 1 saturated heterocycles. The van der Waals surface area contributed by atoms with Crippen molar-refractivity contribution in [3.63, 3.8) is 0 Å². The fourth-order valence-electron chi connectivity index (χ4n) is 3.95. The molecule has 4 heteroatoms. The van der Waals surface area contributed by atoms with Crippen molar-refractivity contribution in [3.8, 4) is 11.5 Å². The minimum Gasteiger partial charge on any atom is -0.493 e. The van der Waals surface area contributed by atoms with Crippen LogP contribution in [-0.2, 0) is 6.42 Å². The molecule has 0 radical (unpaired) electrons. The van der Waals surface area contributed by atoms with Crippen molar-refractivity contribution >= 4 is 0 Å². The Hall–Kier alpha value is -1.26. The van der Waals surface area contributed by atoms with E-state index in [2.05, 4.69) is 4.90 Å². The number of piperidine rings is 1. The van der Waals surface area contributed by atoms with E-state index in [0.29, 0.717) is 24.5 Å². The van der Waals surface area contributed by atoms with Crippen LogP contribution in [0.1, 0.15) is 51.9 Å². The van der Waals surface area contributed by atoms with Gasteiger partial charge in [0, 0.05) is 27.4 Å². The van der Waals surface area contributed by atoms with E-state index in [4.69, 9.17) is 17.7 Å². The van der Waals surface area contributed by atoms with Gasteiger partial charge in [-0.2, -0.15) is 0 Å². The fraction of sp³-hybridized carbons (Fsp3) is 0.684. The molecule has 0 bridgehead atoms. The Labute approximate surface area is 147 Å². The summed E-state index contributed by atoms with van der Waals surface area (Å²) < 4.78 is 56.7. The van der Waals surface area contributed by atoms with Crippen LogP contribution >= 0.6 is 0 Å². The van der Waals surface area contributed by atoms with Crippen molar-refractivity contribution in [2.24, 2.45) is 11.8 Å². The average Bonchev–Trinajstić information content (AvgIpc) is 2.63. The molecule has 1 aromatic rings. The second-order valence-corrected chi connectivity index (χ2v) is 6.52. The average molecular weight is 325 g/mol. The van der Waals surface area contributed by atoms with Crippen LogP contribution in [0.4, 0.5) is 0 Å². The minimum atomic E-state index is -2.58. The summed E-state index contributed by atoms with van der Waals surface area (Å²) in [5, 5.41) is 10.8. The molecule has 0 aliphatic carbocycles. The standard InChI is InChI=1S/C19H29NO3/c1-12(2)7-14-11-20-6-5-13-8-18(22-3)19(23-4)9-15(13)16(20)10-17(14)21/h8-9,12,14,16-17,21H,5-7,10-11H2,1-4H3/t14-,16-,17-/m0/s1/i1D3,2D3. The highest BCUT2D eigenvalue weighted by molar-refractivity contribution is 5.49. The lowest BCUT2D eigenvalue weighted by molar-refractivity contribution is -0.0191. The van der Waals surface area contributed by atoms with Crippen LogP contribution in [-0.4, -0.2) is 43.4 Å². The zero-order valence-electron chi connectivity index (χ0n) is 19.7. The molecule has 128 valence electrons. The number of aliphatic hydroxyl groups is 1. The quantitative estimate of drug-likeness (QED) is 0.924. The van der Waals surface area contributed by atoms with Crippen LogP contribution in [0.3, 0.4) is 0 Å². The maximum absolute atomic E-state index is 10.8. The van der Waals surface area contributed by atoms with Crippen molar-refractivity contribution < 1.29 is 22.8 Å². The first kappa shape index (κ1) is 10.6. The zero-order chi connectivity index (χ0) is 21.6. The lowest BCUT2D eigenvalue weighted by Crippen LogP contribution is -2.48. The highest BCUT2D eigenvalue weighted by atomic mass is 16.5. The van der Waals surface area contributed by atoms with E-state index in [0.717, 1.165) is 24.1 Å². The Bertz CT molecular complexity index is 722. The van der Waals surface area contributed by atoms with Gasteiger partial charge in [-0.05, 0) is 54.4 Å². The minimum absolute atomic E-state index is 0.0104. The van der Waals surface area contributed by atoms with Crippen LogP contribution in [0.5, 0.6) is 11.5 Å². The van der Waals surface area contributed by atoms with Crippen molar-refractivity contribution in [3.05, 3.63) is 23.3 Å². The van der Waals surface area contributed by atoms with Crippen LogP contribution in [0.25, 0.3) is 0 Å². The molecule has 0 unspecified atom stereocenters. The van der Waals surface area contributed by atoms with Gasteiger partial charge in [-0.25, -0.2) is 0 Å². The second-order valence-electron chi connectivity index (χ2n) is 6.52. The van der Waals surface area contributed by atoms with Crippen molar-refractivity contribution in [1.82, 2.24) is 4.90 Å². The molecular weight excluding hydrogens is 290 g/mol. The van der Waals surface area contributed by atoms with E-state index in [9.17, 15) is 5.11 Å². The summed E-state index contributed by atoms with van der Waals surface area (Å²) in [5.74, 6) is -0.520. The predicted octanol–water partition coefficient (Wildman–Crippen LogP) is 3.03. The molecule has 0 saturated carbocycles. The van der Waals surface area contributed by atoms with Crippen molar-refractivity contribution in [2.75, 3.05) is 27.3 Å². The Kier molecular flexibility index (Phi) is 3.08. The summed E-state index contributed by atoms with van der Waals surface area (Å²) in [6, 6.07) is 3.92.